The maximum atomic E-state index is 13.5. The van der Waals surface area contributed by atoms with Crippen molar-refractivity contribution >= 4 is 78.1 Å². The summed E-state index contributed by atoms with van der Waals surface area (Å²) in [6.07, 6.45) is 24.5. The number of benzene rings is 6. The lowest BCUT2D eigenvalue weighted by Gasteiger charge is -2.72. The van der Waals surface area contributed by atoms with Gasteiger partial charge in [-0.2, -0.15) is 0 Å². The Morgan fingerprint density at radius 1 is 0.453 bits per heavy atom. The number of anilines is 4. The quantitative estimate of drug-likeness (QED) is 0.0248. The molecule has 4 bridgehead atoms. The molecular formula is C97H132N10O6S4. The van der Waals surface area contributed by atoms with Gasteiger partial charge in [-0.05, 0) is 314 Å². The SMILES string of the molecule is Cc1cc(S(=O)(=O)NC(=O)c2ccc(N3CCN(CC4=C(C56CC(C)(C5)C6)CCC(C)(C)C4)CC3)cc2)ccc1N[C@H](CCN1CCC(C)CC1)CSc1ccccc1.Cc1cc(S(=O)(=O)NC(=O)c2ccc(N3CCN(CC4=C(C56CC(C)(C5)C6)CCC(C)(C)C4)CC3)cc2)ccc1N[C@H](CCN1CCCCC1)CSc1ccccc1. The number of rotatable bonds is 30. The van der Waals surface area contributed by atoms with Crippen LogP contribution in [-0.4, -0.2) is 177 Å². The monoisotopic (exact) mass is 1660 g/mol. The predicted octanol–water partition coefficient (Wildman–Crippen LogP) is 19.0. The van der Waals surface area contributed by atoms with Gasteiger partial charge in [-0.15, -0.1) is 23.5 Å². The van der Waals surface area contributed by atoms with Gasteiger partial charge in [-0.3, -0.25) is 19.4 Å². The molecule has 0 spiro atoms. The van der Waals surface area contributed by atoms with Crippen LogP contribution in [0.2, 0.25) is 0 Å². The maximum absolute atomic E-state index is 13.5. The summed E-state index contributed by atoms with van der Waals surface area (Å²) in [5.74, 6) is 1.36. The maximum Gasteiger partial charge on any atom is 0.264 e. The van der Waals surface area contributed by atoms with E-state index in [4.69, 9.17) is 0 Å². The van der Waals surface area contributed by atoms with Gasteiger partial charge in [0.25, 0.3) is 31.9 Å². The smallest absolute Gasteiger partial charge is 0.264 e. The summed E-state index contributed by atoms with van der Waals surface area (Å²) in [4.78, 5) is 44.5. The molecule has 0 radical (unpaired) electrons. The van der Waals surface area contributed by atoms with Gasteiger partial charge in [-0.1, -0.05) is 114 Å². The van der Waals surface area contributed by atoms with E-state index in [0.717, 1.165) is 169 Å². The molecule has 18 rings (SSSR count). The lowest BCUT2D eigenvalue weighted by atomic mass is 9.33. The highest BCUT2D eigenvalue weighted by molar-refractivity contribution is 7.99. The Hall–Kier alpha value is -6.62. The fourth-order valence-corrected chi connectivity index (χ4v) is 26.1. The van der Waals surface area contributed by atoms with Crippen molar-refractivity contribution in [1.82, 2.24) is 29.0 Å². The molecule has 6 aromatic carbocycles. The number of thioether (sulfide) groups is 2. The molecule has 10 fully saturated rings. The second kappa shape index (κ2) is 35.8. The van der Waals surface area contributed by atoms with Gasteiger partial charge >= 0.3 is 0 Å². The van der Waals surface area contributed by atoms with Gasteiger partial charge in [0, 0.05) is 146 Å². The number of nitrogens with one attached hydrogen (secondary N) is 4. The molecule has 4 N–H and O–H groups in total. The van der Waals surface area contributed by atoms with E-state index in [-0.39, 0.29) is 21.9 Å². The van der Waals surface area contributed by atoms with E-state index in [1.807, 2.05) is 97.0 Å². The first-order valence-electron chi connectivity index (χ1n) is 44.2. The third kappa shape index (κ3) is 20.9. The number of amides is 2. The standard InChI is InChI=1S/C49H67N5O3S2.C48H65N5O3S2/c1-36-18-22-52(23-19-36)24-20-40(32-58-42-9-7-6-8-10-42)50-45-16-15-43(29-37(45)2)59(56,57)51-46(55)38-11-13-41(14-12-38)54-27-25-53(26-28-54)31-39-30-47(3,4)21-17-44(39)49-33-48(5,34-49)35-49;1-36-29-42(17-18-44(36)49-39(20-24-51-22-9-6-10-23-51)32-57-41-11-7-5-8-12-41)58(55,56)50-45(54)37-13-15-40(16-14-37)53-27-25-52(26-28-53)31-38-30-46(2,3)21-19-43(38)48-33-47(4,34-48)35-48/h6-16,29,36,40,50H,17-28,30-35H2,1-5H3,(H,51,55);5,7-8,11-18,29,39,49H,6,9-10,19-28,30-35H2,1-4H3,(H,50,54)/t40-,48?,49?;39-,47?,48?/m11/s1. The first-order chi connectivity index (χ1) is 55.9. The number of piperazine rings is 2. The summed E-state index contributed by atoms with van der Waals surface area (Å²) in [5.41, 5.74) is 16.5. The first-order valence-corrected chi connectivity index (χ1v) is 49.1. The van der Waals surface area contributed by atoms with Crippen molar-refractivity contribution in [3.63, 3.8) is 0 Å². The minimum atomic E-state index is -4.08. The Labute approximate surface area is 709 Å². The fraction of sp³-hybridized carbons (Fsp3) is 0.567. The molecule has 16 nitrogen and oxygen atoms in total. The minimum Gasteiger partial charge on any atom is -0.381 e. The lowest BCUT2D eigenvalue weighted by Crippen LogP contribution is -2.61. The van der Waals surface area contributed by atoms with Crippen LogP contribution in [0.15, 0.2) is 187 Å². The van der Waals surface area contributed by atoms with Crippen molar-refractivity contribution in [2.45, 2.75) is 216 Å². The number of piperidine rings is 2. The Balaban J connectivity index is 0.000000183. The van der Waals surface area contributed by atoms with Crippen LogP contribution in [0.25, 0.3) is 0 Å². The van der Waals surface area contributed by atoms with E-state index in [9.17, 15) is 26.4 Å². The van der Waals surface area contributed by atoms with Crippen molar-refractivity contribution in [3.05, 3.63) is 190 Å². The normalized spacial score (nSPS) is 25.5. The molecule has 4 heterocycles. The Morgan fingerprint density at radius 2 is 0.829 bits per heavy atom. The molecule has 20 heteroatoms. The number of sulfonamides is 2. The van der Waals surface area contributed by atoms with Gasteiger partial charge < -0.3 is 30.2 Å². The molecule has 0 aromatic heterocycles. The third-order valence-electron chi connectivity index (χ3n) is 28.3. The zero-order valence-corrected chi connectivity index (χ0v) is 74.8. The van der Waals surface area contributed by atoms with E-state index in [1.165, 1.54) is 119 Å². The van der Waals surface area contributed by atoms with Gasteiger partial charge in [0.15, 0.2) is 0 Å². The van der Waals surface area contributed by atoms with Crippen molar-refractivity contribution in [2.24, 2.45) is 38.4 Å². The molecule has 2 amide bonds. The summed E-state index contributed by atoms with van der Waals surface area (Å²) in [5, 5.41) is 7.48. The summed E-state index contributed by atoms with van der Waals surface area (Å²) in [7, 11) is -8.15. The molecule has 8 aliphatic carbocycles. The number of hydrogen-bond acceptors (Lipinski definition) is 16. The van der Waals surface area contributed by atoms with Crippen LogP contribution in [0.3, 0.4) is 0 Å². The van der Waals surface area contributed by atoms with Crippen LogP contribution in [0.1, 0.15) is 202 Å². The second-order valence-corrected chi connectivity index (χ2v) is 45.0. The van der Waals surface area contributed by atoms with E-state index >= 15 is 0 Å². The summed E-state index contributed by atoms with van der Waals surface area (Å²) in [6, 6.07) is 46.3. The molecule has 12 aliphatic rings. The third-order valence-corrected chi connectivity index (χ3v) is 33.3. The number of hydrogen-bond donors (Lipinski definition) is 4. The highest BCUT2D eigenvalue weighted by atomic mass is 32.2. The number of aryl methyl sites for hydroxylation is 2. The molecule has 4 saturated heterocycles. The average Bonchev–Trinajstić information content (AvgIpc) is 0.680. The van der Waals surface area contributed by atoms with Gasteiger partial charge in [0.1, 0.15) is 0 Å². The highest BCUT2D eigenvalue weighted by Gasteiger charge is 2.67. The molecule has 6 saturated carbocycles. The number of likely N-dealkylation sites (tertiary alicyclic amines) is 2. The largest absolute Gasteiger partial charge is 0.381 e. The molecule has 0 unspecified atom stereocenters. The molecule has 6 aromatic rings. The van der Waals surface area contributed by atoms with Crippen LogP contribution >= 0.6 is 23.5 Å². The van der Waals surface area contributed by atoms with Gasteiger partial charge in [0.05, 0.1) is 9.79 Å². The molecular weight excluding hydrogens is 1530 g/mol. The number of allylic oxidation sites excluding steroid dienone is 2. The summed E-state index contributed by atoms with van der Waals surface area (Å²) >= 11 is 3.68. The first kappa shape index (κ1) is 85.4. The van der Waals surface area contributed by atoms with Crippen LogP contribution < -0.4 is 29.9 Å². The molecule has 630 valence electrons. The van der Waals surface area contributed by atoms with E-state index in [0.29, 0.717) is 43.6 Å². The van der Waals surface area contributed by atoms with Crippen molar-refractivity contribution < 1.29 is 26.4 Å². The van der Waals surface area contributed by atoms with Crippen LogP contribution in [0, 0.1) is 52.3 Å². The minimum absolute atomic E-state index is 0.0826. The Kier molecular flexibility index (Phi) is 26.1. The van der Waals surface area contributed by atoms with Gasteiger partial charge in [0.2, 0.25) is 0 Å². The molecule has 2 atom stereocenters. The predicted molar refractivity (Wildman–Crippen MR) is 483 cm³/mol. The Bertz CT molecular complexity index is 4730. The van der Waals surface area contributed by atoms with E-state index < -0.39 is 31.9 Å². The summed E-state index contributed by atoms with van der Waals surface area (Å²) < 4.78 is 58.7. The van der Waals surface area contributed by atoms with E-state index in [2.05, 4.69) is 146 Å². The van der Waals surface area contributed by atoms with Crippen molar-refractivity contribution in [2.75, 3.05) is 137 Å². The Morgan fingerprint density at radius 3 is 1.20 bits per heavy atom. The van der Waals surface area contributed by atoms with Crippen LogP contribution in [0.5, 0.6) is 0 Å². The van der Waals surface area contributed by atoms with Gasteiger partial charge in [-0.25, -0.2) is 26.3 Å². The lowest BCUT2D eigenvalue weighted by molar-refractivity contribution is -0.166. The topological polar surface area (TPSA) is 170 Å². The van der Waals surface area contributed by atoms with Crippen molar-refractivity contribution in [1.29, 1.82) is 0 Å². The average molecular weight is 1660 g/mol. The summed E-state index contributed by atoms with van der Waals surface area (Å²) in [6.45, 7) is 37.6. The number of carbonyl (C=O) groups is 2. The molecule has 117 heavy (non-hydrogen) atoms. The fourth-order valence-electron chi connectivity index (χ4n) is 22.0. The highest BCUT2D eigenvalue weighted by Crippen LogP contribution is 2.78. The zero-order valence-electron chi connectivity index (χ0n) is 71.5. The molecule has 4 aliphatic heterocycles. The van der Waals surface area contributed by atoms with Crippen molar-refractivity contribution in [3.8, 4) is 0 Å². The van der Waals surface area contributed by atoms with E-state index in [1.54, 1.807) is 59.7 Å². The van der Waals surface area contributed by atoms with Crippen LogP contribution in [-0.2, 0) is 20.0 Å². The second-order valence-electron chi connectivity index (χ2n) is 39.5. The zero-order chi connectivity index (χ0) is 82.0. The number of nitrogens with zero attached hydrogens (tertiary/aromatic N) is 6. The van der Waals surface area contributed by atoms with Crippen LogP contribution in [0.4, 0.5) is 22.7 Å². The number of carbonyl (C=O) groups excluding carboxylic acids is 2.